The molecule has 0 aromatic heterocycles. The fourth-order valence-corrected chi connectivity index (χ4v) is 5.40. The van der Waals surface area contributed by atoms with Gasteiger partial charge in [0.05, 0.1) is 19.1 Å². The smallest absolute Gasteiger partial charge is 0.244 e. The van der Waals surface area contributed by atoms with E-state index in [1.165, 1.54) is 4.90 Å². The molecule has 1 N–H and O–H groups in total. The van der Waals surface area contributed by atoms with Crippen molar-refractivity contribution >= 4 is 27.5 Å². The van der Waals surface area contributed by atoms with Crippen molar-refractivity contribution in [2.75, 3.05) is 30.8 Å². The lowest BCUT2D eigenvalue weighted by Crippen LogP contribution is -2.53. The normalized spacial score (nSPS) is 12.3. The lowest BCUT2D eigenvalue weighted by Gasteiger charge is -2.33. The topological polar surface area (TPSA) is 96.0 Å². The molecule has 0 heterocycles. The second kappa shape index (κ2) is 13.7. The quantitative estimate of drug-likeness (QED) is 0.340. The van der Waals surface area contributed by atoms with Crippen LogP contribution in [0.5, 0.6) is 5.75 Å². The number of benzene rings is 3. The van der Waals surface area contributed by atoms with Gasteiger partial charge in [-0.15, -0.1) is 0 Å². The summed E-state index contributed by atoms with van der Waals surface area (Å²) >= 11 is 0. The molecule has 0 radical (unpaired) electrons. The van der Waals surface area contributed by atoms with Gasteiger partial charge >= 0.3 is 0 Å². The van der Waals surface area contributed by atoms with Gasteiger partial charge in [0, 0.05) is 19.5 Å². The van der Waals surface area contributed by atoms with E-state index in [2.05, 4.69) is 26.1 Å². The molecule has 0 spiro atoms. The summed E-state index contributed by atoms with van der Waals surface area (Å²) in [6.07, 6.45) is 1.34. The molecule has 0 saturated carbocycles. The van der Waals surface area contributed by atoms with Crippen LogP contribution in [-0.4, -0.2) is 57.6 Å². The first-order valence-electron chi connectivity index (χ1n) is 13.7. The van der Waals surface area contributed by atoms with Gasteiger partial charge in [0.25, 0.3) is 0 Å². The zero-order valence-corrected chi connectivity index (χ0v) is 25.6. The third-order valence-electron chi connectivity index (χ3n) is 6.81. The van der Waals surface area contributed by atoms with Crippen molar-refractivity contribution in [3.05, 3.63) is 95.6 Å². The van der Waals surface area contributed by atoms with Gasteiger partial charge in [-0.3, -0.25) is 13.9 Å². The molecule has 8 nitrogen and oxygen atoms in total. The van der Waals surface area contributed by atoms with Crippen molar-refractivity contribution in [3.8, 4) is 5.75 Å². The van der Waals surface area contributed by atoms with E-state index in [9.17, 15) is 18.0 Å². The zero-order valence-electron chi connectivity index (χ0n) is 24.8. The van der Waals surface area contributed by atoms with Gasteiger partial charge in [-0.05, 0) is 53.3 Å². The number of sulfonamides is 1. The minimum absolute atomic E-state index is 0.0885. The molecule has 0 fully saturated rings. The molecule has 0 unspecified atom stereocenters. The molecule has 220 valence electrons. The largest absolute Gasteiger partial charge is 0.497 e. The Morgan fingerprint density at radius 3 is 2.12 bits per heavy atom. The molecule has 3 aromatic carbocycles. The van der Waals surface area contributed by atoms with Crippen molar-refractivity contribution in [2.45, 2.75) is 52.1 Å². The average Bonchev–Trinajstić information content (AvgIpc) is 2.93. The molecule has 0 aliphatic heterocycles. The molecule has 1 atom stereocenters. The predicted molar refractivity (Wildman–Crippen MR) is 163 cm³/mol. The first-order valence-corrected chi connectivity index (χ1v) is 15.5. The van der Waals surface area contributed by atoms with Crippen LogP contribution in [0.2, 0.25) is 0 Å². The van der Waals surface area contributed by atoms with Gasteiger partial charge in [-0.1, -0.05) is 75.4 Å². The molecular weight excluding hydrogens is 538 g/mol. The standard InChI is InChI=1S/C32H41N3O5S/c1-7-33-31(37)29(21-24-12-9-8-10-13-24)34(22-25-14-11-15-28(20-25)40-5)30(36)23-35(41(6,38)39)27-18-16-26(17-19-27)32(2,3)4/h8-20,29H,7,21-23H2,1-6H3,(H,33,37)/t29-/m0/s1. The Morgan fingerprint density at radius 2 is 1.56 bits per heavy atom. The van der Waals surface area contributed by atoms with E-state index >= 15 is 0 Å². The van der Waals surface area contributed by atoms with Crippen LogP contribution >= 0.6 is 0 Å². The molecule has 0 aliphatic carbocycles. The fourth-order valence-electron chi connectivity index (χ4n) is 4.55. The molecule has 2 amide bonds. The van der Waals surface area contributed by atoms with Gasteiger partial charge in [-0.25, -0.2) is 8.42 Å². The Hall–Kier alpha value is -3.85. The Labute approximate surface area is 244 Å². The minimum atomic E-state index is -3.83. The molecule has 0 aliphatic rings. The van der Waals surface area contributed by atoms with Crippen LogP contribution in [0.1, 0.15) is 44.4 Å². The van der Waals surface area contributed by atoms with E-state index in [1.807, 2.05) is 61.5 Å². The number of hydrogen-bond acceptors (Lipinski definition) is 5. The highest BCUT2D eigenvalue weighted by Gasteiger charge is 2.33. The minimum Gasteiger partial charge on any atom is -0.497 e. The number of amides is 2. The van der Waals surface area contributed by atoms with Crippen LogP contribution in [0.4, 0.5) is 5.69 Å². The van der Waals surface area contributed by atoms with E-state index in [0.717, 1.165) is 27.3 Å². The number of rotatable bonds is 12. The van der Waals surface area contributed by atoms with E-state index in [0.29, 0.717) is 18.0 Å². The van der Waals surface area contributed by atoms with Crippen LogP contribution in [-0.2, 0) is 38.0 Å². The van der Waals surface area contributed by atoms with E-state index in [-0.39, 0.29) is 24.3 Å². The summed E-state index contributed by atoms with van der Waals surface area (Å²) in [6.45, 7) is 8.06. The van der Waals surface area contributed by atoms with Gasteiger partial charge < -0.3 is 15.0 Å². The first-order chi connectivity index (χ1) is 19.3. The highest BCUT2D eigenvalue weighted by Crippen LogP contribution is 2.26. The Kier molecular flexibility index (Phi) is 10.6. The van der Waals surface area contributed by atoms with Gasteiger partial charge in [0.1, 0.15) is 18.3 Å². The van der Waals surface area contributed by atoms with Crippen molar-refractivity contribution < 1.29 is 22.7 Å². The monoisotopic (exact) mass is 579 g/mol. The predicted octanol–water partition coefficient (Wildman–Crippen LogP) is 4.53. The van der Waals surface area contributed by atoms with Gasteiger partial charge in [-0.2, -0.15) is 0 Å². The third-order valence-corrected chi connectivity index (χ3v) is 7.95. The second-order valence-electron chi connectivity index (χ2n) is 11.0. The lowest BCUT2D eigenvalue weighted by molar-refractivity contribution is -0.140. The number of carbonyl (C=O) groups is 2. The van der Waals surface area contributed by atoms with E-state index < -0.39 is 28.5 Å². The first kappa shape index (κ1) is 31.7. The summed E-state index contributed by atoms with van der Waals surface area (Å²) < 4.78 is 32.4. The zero-order chi connectivity index (χ0) is 30.2. The number of methoxy groups -OCH3 is 1. The molecular formula is C32H41N3O5S. The lowest BCUT2D eigenvalue weighted by atomic mass is 9.87. The Morgan fingerprint density at radius 1 is 0.927 bits per heavy atom. The van der Waals surface area contributed by atoms with Gasteiger partial charge in [0.2, 0.25) is 21.8 Å². The highest BCUT2D eigenvalue weighted by molar-refractivity contribution is 7.92. The maximum Gasteiger partial charge on any atom is 0.244 e. The SMILES string of the molecule is CCNC(=O)[C@H](Cc1ccccc1)N(Cc1cccc(OC)c1)C(=O)CN(c1ccc(C(C)(C)C)cc1)S(C)(=O)=O. The fraction of sp³-hybridized carbons (Fsp3) is 0.375. The van der Waals surface area contributed by atoms with Crippen molar-refractivity contribution in [3.63, 3.8) is 0 Å². The van der Waals surface area contributed by atoms with Gasteiger partial charge in [0.15, 0.2) is 0 Å². The molecule has 41 heavy (non-hydrogen) atoms. The summed E-state index contributed by atoms with van der Waals surface area (Å²) in [5.74, 6) is -0.192. The van der Waals surface area contributed by atoms with E-state index in [4.69, 9.17) is 4.74 Å². The molecule has 3 aromatic rings. The highest BCUT2D eigenvalue weighted by atomic mass is 32.2. The number of nitrogens with zero attached hydrogens (tertiary/aromatic N) is 2. The molecule has 3 rings (SSSR count). The number of likely N-dealkylation sites (N-methyl/N-ethyl adjacent to an activating group) is 1. The number of hydrogen-bond donors (Lipinski definition) is 1. The summed E-state index contributed by atoms with van der Waals surface area (Å²) in [4.78, 5) is 29.0. The third kappa shape index (κ3) is 8.82. The van der Waals surface area contributed by atoms with Crippen LogP contribution in [0, 0.1) is 0 Å². The molecule has 9 heteroatoms. The molecule has 0 saturated heterocycles. The second-order valence-corrected chi connectivity index (χ2v) is 12.9. The number of ether oxygens (including phenoxy) is 1. The summed E-state index contributed by atoms with van der Waals surface area (Å²) in [7, 11) is -2.27. The number of carbonyl (C=O) groups excluding carboxylic acids is 2. The Balaban J connectivity index is 2.04. The summed E-state index contributed by atoms with van der Waals surface area (Å²) in [5.41, 5.74) is 2.94. The summed E-state index contributed by atoms with van der Waals surface area (Å²) in [5, 5.41) is 2.86. The maximum absolute atomic E-state index is 14.1. The number of anilines is 1. The Bertz CT molecular complexity index is 1420. The summed E-state index contributed by atoms with van der Waals surface area (Å²) in [6, 6.07) is 23.0. The van der Waals surface area contributed by atoms with Crippen LogP contribution in [0.15, 0.2) is 78.9 Å². The van der Waals surface area contributed by atoms with Crippen LogP contribution in [0.3, 0.4) is 0 Å². The average molecular weight is 580 g/mol. The molecule has 0 bridgehead atoms. The maximum atomic E-state index is 14.1. The van der Waals surface area contributed by atoms with Crippen molar-refractivity contribution in [1.29, 1.82) is 0 Å². The van der Waals surface area contributed by atoms with Crippen molar-refractivity contribution in [2.24, 2.45) is 0 Å². The number of nitrogens with one attached hydrogen (secondary N) is 1. The van der Waals surface area contributed by atoms with Crippen LogP contribution in [0.25, 0.3) is 0 Å². The van der Waals surface area contributed by atoms with Crippen LogP contribution < -0.4 is 14.4 Å². The van der Waals surface area contributed by atoms with E-state index in [1.54, 1.807) is 31.4 Å². The van der Waals surface area contributed by atoms with Crippen molar-refractivity contribution in [1.82, 2.24) is 10.2 Å².